The molecule has 0 aliphatic rings. The zero-order valence-electron chi connectivity index (χ0n) is 13.7. The van der Waals surface area contributed by atoms with Gasteiger partial charge in [-0.25, -0.2) is 14.8 Å². The van der Waals surface area contributed by atoms with Gasteiger partial charge in [-0.2, -0.15) is 0 Å². The van der Waals surface area contributed by atoms with E-state index in [4.69, 9.17) is 15.2 Å². The number of nitrogens with zero attached hydrogens (tertiary/aromatic N) is 2. The summed E-state index contributed by atoms with van der Waals surface area (Å²) in [6.45, 7) is 0. The van der Waals surface area contributed by atoms with Gasteiger partial charge >= 0.3 is 6.16 Å². The van der Waals surface area contributed by atoms with Gasteiger partial charge < -0.3 is 24.9 Å². The van der Waals surface area contributed by atoms with Crippen molar-refractivity contribution < 1.29 is 19.0 Å². The molecule has 8 heteroatoms. The van der Waals surface area contributed by atoms with Crippen LogP contribution < -0.4 is 15.2 Å². The SMILES string of the molecule is COC(=O)Oc1cc2c(cn1)[nH]c1ccc(Oc3ccc(N)cn3)cc12. The second kappa shape index (κ2) is 6.25. The van der Waals surface area contributed by atoms with Gasteiger partial charge in [-0.05, 0) is 24.3 Å². The molecule has 4 rings (SSSR count). The molecule has 4 aromatic rings. The number of H-pyrrole nitrogens is 1. The lowest BCUT2D eigenvalue weighted by Crippen LogP contribution is -2.08. The summed E-state index contributed by atoms with van der Waals surface area (Å²) >= 11 is 0. The number of anilines is 1. The highest BCUT2D eigenvalue weighted by Gasteiger charge is 2.11. The first-order valence-corrected chi connectivity index (χ1v) is 7.69. The molecule has 3 aromatic heterocycles. The summed E-state index contributed by atoms with van der Waals surface area (Å²) in [4.78, 5) is 22.7. The van der Waals surface area contributed by atoms with E-state index in [-0.39, 0.29) is 5.88 Å². The Morgan fingerprint density at radius 2 is 1.81 bits per heavy atom. The number of aromatic nitrogens is 3. The summed E-state index contributed by atoms with van der Waals surface area (Å²) in [7, 11) is 1.24. The molecule has 0 saturated carbocycles. The van der Waals surface area contributed by atoms with Crippen molar-refractivity contribution in [1.29, 1.82) is 0 Å². The van der Waals surface area contributed by atoms with Gasteiger partial charge in [0.05, 0.1) is 30.7 Å². The summed E-state index contributed by atoms with van der Waals surface area (Å²) in [6, 6.07) is 10.7. The minimum Gasteiger partial charge on any atom is -0.439 e. The van der Waals surface area contributed by atoms with Crippen LogP contribution in [0.5, 0.6) is 17.5 Å². The Labute approximate surface area is 147 Å². The second-order valence-electron chi connectivity index (χ2n) is 5.49. The van der Waals surface area contributed by atoms with E-state index >= 15 is 0 Å². The van der Waals surface area contributed by atoms with Crippen molar-refractivity contribution in [2.75, 3.05) is 12.8 Å². The standard InChI is InChI=1S/C18H14N4O4/c1-24-18(23)26-17-7-13-12-6-11(25-16-5-2-10(19)8-20-16)3-4-14(12)22-15(13)9-21-17/h2-9,22H,19H2,1H3. The first kappa shape index (κ1) is 15.7. The van der Waals surface area contributed by atoms with Crippen molar-refractivity contribution in [2.45, 2.75) is 0 Å². The van der Waals surface area contributed by atoms with Crippen molar-refractivity contribution in [1.82, 2.24) is 15.0 Å². The lowest BCUT2D eigenvalue weighted by molar-refractivity contribution is 0.120. The van der Waals surface area contributed by atoms with Crippen LogP contribution in [0.2, 0.25) is 0 Å². The average molecular weight is 350 g/mol. The normalized spacial score (nSPS) is 10.8. The first-order chi connectivity index (χ1) is 12.6. The van der Waals surface area contributed by atoms with E-state index < -0.39 is 6.16 Å². The van der Waals surface area contributed by atoms with Crippen LogP contribution in [-0.4, -0.2) is 28.2 Å². The monoisotopic (exact) mass is 350 g/mol. The number of fused-ring (bicyclic) bond motifs is 3. The zero-order chi connectivity index (χ0) is 18.1. The molecule has 0 spiro atoms. The van der Waals surface area contributed by atoms with Gasteiger partial charge in [0.1, 0.15) is 5.75 Å². The van der Waals surface area contributed by atoms with Gasteiger partial charge in [0.15, 0.2) is 0 Å². The molecule has 0 aliphatic heterocycles. The van der Waals surface area contributed by atoms with Crippen LogP contribution in [0.4, 0.5) is 10.5 Å². The Hall–Kier alpha value is -3.81. The highest BCUT2D eigenvalue weighted by Crippen LogP contribution is 2.31. The van der Waals surface area contributed by atoms with E-state index in [0.29, 0.717) is 17.3 Å². The molecule has 3 heterocycles. The maximum atomic E-state index is 11.3. The summed E-state index contributed by atoms with van der Waals surface area (Å²) < 4.78 is 15.2. The molecule has 0 atom stereocenters. The number of pyridine rings is 2. The number of methoxy groups -OCH3 is 1. The maximum absolute atomic E-state index is 11.3. The molecule has 0 bridgehead atoms. The number of hydrogen-bond donors (Lipinski definition) is 2. The van der Waals surface area contributed by atoms with Crippen molar-refractivity contribution in [3.8, 4) is 17.5 Å². The molecule has 0 fully saturated rings. The van der Waals surface area contributed by atoms with Gasteiger partial charge in [-0.3, -0.25) is 0 Å². The lowest BCUT2D eigenvalue weighted by atomic mass is 10.2. The number of hydrogen-bond acceptors (Lipinski definition) is 7. The molecule has 3 N–H and O–H groups in total. The number of rotatable bonds is 3. The smallest absolute Gasteiger partial charge is 0.439 e. The van der Waals surface area contributed by atoms with Crippen LogP contribution in [0.1, 0.15) is 0 Å². The van der Waals surface area contributed by atoms with Gasteiger partial charge in [0.2, 0.25) is 11.8 Å². The van der Waals surface area contributed by atoms with E-state index in [0.717, 1.165) is 21.8 Å². The molecular weight excluding hydrogens is 336 g/mol. The fraction of sp³-hybridized carbons (Fsp3) is 0.0556. The molecule has 0 aliphatic carbocycles. The van der Waals surface area contributed by atoms with Gasteiger partial charge in [-0.15, -0.1) is 0 Å². The predicted molar refractivity (Wildman–Crippen MR) is 95.4 cm³/mol. The summed E-state index contributed by atoms with van der Waals surface area (Å²) in [5, 5.41) is 1.73. The summed E-state index contributed by atoms with van der Waals surface area (Å²) in [5.41, 5.74) is 7.90. The van der Waals surface area contributed by atoms with Crippen molar-refractivity contribution in [3.63, 3.8) is 0 Å². The number of ether oxygens (including phenoxy) is 3. The third kappa shape index (κ3) is 2.95. The van der Waals surface area contributed by atoms with E-state index in [1.54, 1.807) is 24.4 Å². The van der Waals surface area contributed by atoms with Crippen LogP contribution in [0, 0.1) is 0 Å². The van der Waals surface area contributed by atoms with Crippen LogP contribution in [0.25, 0.3) is 21.8 Å². The molecule has 0 radical (unpaired) electrons. The fourth-order valence-corrected chi connectivity index (χ4v) is 2.58. The highest BCUT2D eigenvalue weighted by molar-refractivity contribution is 6.07. The number of nitrogens with two attached hydrogens (primary N) is 1. The van der Waals surface area contributed by atoms with Crippen molar-refractivity contribution in [3.05, 3.63) is 48.8 Å². The van der Waals surface area contributed by atoms with E-state index in [1.807, 2.05) is 18.2 Å². The molecule has 0 unspecified atom stereocenters. The predicted octanol–water partition coefficient (Wildman–Crippen LogP) is 3.63. The Bertz CT molecular complexity index is 1110. The molecule has 0 amide bonds. The number of aromatic amines is 1. The molecule has 8 nitrogen and oxygen atoms in total. The summed E-state index contributed by atoms with van der Waals surface area (Å²) in [5.74, 6) is 1.20. The highest BCUT2D eigenvalue weighted by atomic mass is 16.7. The number of nitrogens with one attached hydrogen (secondary N) is 1. The Morgan fingerprint density at radius 3 is 2.58 bits per heavy atom. The Kier molecular flexibility index (Phi) is 3.77. The Morgan fingerprint density at radius 1 is 1.00 bits per heavy atom. The minimum absolute atomic E-state index is 0.150. The third-order valence-electron chi connectivity index (χ3n) is 3.77. The van der Waals surface area contributed by atoms with Crippen LogP contribution in [0.3, 0.4) is 0 Å². The first-order valence-electron chi connectivity index (χ1n) is 7.69. The topological polar surface area (TPSA) is 112 Å². The number of carbonyl (C=O) groups excluding carboxylic acids is 1. The van der Waals surface area contributed by atoms with Crippen LogP contribution in [-0.2, 0) is 4.74 Å². The van der Waals surface area contributed by atoms with E-state index in [1.165, 1.54) is 13.3 Å². The zero-order valence-corrected chi connectivity index (χ0v) is 13.7. The number of nitrogen functional groups attached to an aromatic ring is 1. The quantitative estimate of drug-likeness (QED) is 0.542. The van der Waals surface area contributed by atoms with Gasteiger partial charge in [0.25, 0.3) is 0 Å². The second-order valence-corrected chi connectivity index (χ2v) is 5.49. The van der Waals surface area contributed by atoms with Gasteiger partial charge in [0, 0.05) is 28.4 Å². The third-order valence-corrected chi connectivity index (χ3v) is 3.77. The van der Waals surface area contributed by atoms with E-state index in [9.17, 15) is 4.79 Å². The summed E-state index contributed by atoms with van der Waals surface area (Å²) in [6.07, 6.45) is 2.30. The minimum atomic E-state index is -0.824. The maximum Gasteiger partial charge on any atom is 0.514 e. The molecule has 1 aromatic carbocycles. The van der Waals surface area contributed by atoms with E-state index in [2.05, 4.69) is 19.7 Å². The van der Waals surface area contributed by atoms with Crippen molar-refractivity contribution >= 4 is 33.6 Å². The van der Waals surface area contributed by atoms with Crippen LogP contribution >= 0.6 is 0 Å². The molecular formula is C18H14N4O4. The van der Waals surface area contributed by atoms with Gasteiger partial charge in [-0.1, -0.05) is 0 Å². The fourth-order valence-electron chi connectivity index (χ4n) is 2.58. The number of benzene rings is 1. The van der Waals surface area contributed by atoms with Crippen LogP contribution in [0.15, 0.2) is 48.8 Å². The Balaban J connectivity index is 1.73. The largest absolute Gasteiger partial charge is 0.514 e. The number of carbonyl (C=O) groups is 1. The molecule has 0 saturated heterocycles. The lowest BCUT2D eigenvalue weighted by Gasteiger charge is -2.05. The molecule has 26 heavy (non-hydrogen) atoms. The average Bonchev–Trinajstić information content (AvgIpc) is 3.01. The molecule has 130 valence electrons. The van der Waals surface area contributed by atoms with Crippen molar-refractivity contribution in [2.24, 2.45) is 0 Å².